The summed E-state index contributed by atoms with van der Waals surface area (Å²) < 4.78 is 0.272. The molecule has 3 rings (SSSR count). The average molecular weight is 238 g/mol. The van der Waals surface area contributed by atoms with Crippen molar-refractivity contribution in [2.24, 2.45) is 17.3 Å². The van der Waals surface area contributed by atoms with Gasteiger partial charge in [-0.2, -0.15) is 12.6 Å². The van der Waals surface area contributed by atoms with Crippen molar-refractivity contribution in [3.63, 3.8) is 0 Å². The maximum Gasteiger partial charge on any atom is 0.0243 e. The van der Waals surface area contributed by atoms with Crippen molar-refractivity contribution >= 4 is 12.6 Å². The van der Waals surface area contributed by atoms with E-state index in [4.69, 9.17) is 12.6 Å². The van der Waals surface area contributed by atoms with Gasteiger partial charge >= 0.3 is 0 Å². The summed E-state index contributed by atoms with van der Waals surface area (Å²) in [5, 5.41) is 0. The van der Waals surface area contributed by atoms with Crippen LogP contribution in [-0.4, -0.2) is 29.8 Å². The molecule has 1 nitrogen and oxygen atoms in total. The highest BCUT2D eigenvalue weighted by Gasteiger charge is 2.61. The van der Waals surface area contributed by atoms with E-state index in [1.165, 1.54) is 51.6 Å². The lowest BCUT2D eigenvalue weighted by Gasteiger charge is -2.51. The van der Waals surface area contributed by atoms with Crippen LogP contribution in [-0.2, 0) is 0 Å². The Balaban J connectivity index is 1.82. The highest BCUT2D eigenvalue weighted by atomic mass is 32.1. The monoisotopic (exact) mass is 238 g/mol. The van der Waals surface area contributed by atoms with Gasteiger partial charge in [-0.05, 0) is 82.8 Å². The first-order valence-corrected chi connectivity index (χ1v) is 7.27. The van der Waals surface area contributed by atoms with Crippen LogP contribution in [0.2, 0.25) is 0 Å². The molecule has 0 aromatic heterocycles. The third-order valence-electron chi connectivity index (χ3n) is 5.19. The molecule has 2 saturated carbocycles. The minimum atomic E-state index is 0.255. The Bertz CT molecular complexity index is 260. The number of hydrogen-bond donors (Lipinski definition) is 1. The van der Waals surface area contributed by atoms with Crippen molar-refractivity contribution in [1.82, 2.24) is 4.90 Å². The fraction of sp³-hybridized carbons (Fsp3) is 0.929. The fourth-order valence-electron chi connectivity index (χ4n) is 3.69. The normalized spacial score (nSPS) is 31.7. The largest absolute Gasteiger partial charge is 0.306 e. The van der Waals surface area contributed by atoms with Crippen LogP contribution in [0.25, 0.3) is 0 Å². The lowest BCUT2D eigenvalue weighted by atomic mass is 9.65. The fourth-order valence-corrected chi connectivity index (χ4v) is 4.43. The summed E-state index contributed by atoms with van der Waals surface area (Å²) in [5.74, 6) is 1.76. The van der Waals surface area contributed by atoms with E-state index < -0.39 is 0 Å². The highest BCUT2D eigenvalue weighted by Crippen LogP contribution is 2.65. The molecule has 1 radical (unpaired) electrons. The van der Waals surface area contributed by atoms with Crippen LogP contribution >= 0.6 is 12.6 Å². The third-order valence-corrected chi connectivity index (χ3v) is 6.40. The maximum absolute atomic E-state index is 5.21. The van der Waals surface area contributed by atoms with Crippen LogP contribution in [0.3, 0.4) is 0 Å². The molecule has 0 amide bonds. The maximum atomic E-state index is 5.21. The molecule has 0 atom stereocenters. The van der Waals surface area contributed by atoms with E-state index in [2.05, 4.69) is 18.9 Å². The zero-order chi connectivity index (χ0) is 11.4. The van der Waals surface area contributed by atoms with Crippen molar-refractivity contribution in [1.29, 1.82) is 0 Å². The minimum Gasteiger partial charge on any atom is -0.306 e. The number of nitrogens with zero attached hydrogens (tertiary/aromatic N) is 1. The van der Waals surface area contributed by atoms with Crippen molar-refractivity contribution in [3.8, 4) is 0 Å². The van der Waals surface area contributed by atoms with Gasteiger partial charge in [-0.25, -0.2) is 0 Å². The molecular weight excluding hydrogens is 214 g/mol. The zero-order valence-electron chi connectivity index (χ0n) is 10.4. The summed E-state index contributed by atoms with van der Waals surface area (Å²) in [7, 11) is 2.23. The highest BCUT2D eigenvalue weighted by molar-refractivity contribution is 7.82. The van der Waals surface area contributed by atoms with Crippen LogP contribution in [0.4, 0.5) is 0 Å². The lowest BCUT2D eigenvalue weighted by molar-refractivity contribution is 0.0995. The van der Waals surface area contributed by atoms with Gasteiger partial charge in [0.15, 0.2) is 0 Å². The van der Waals surface area contributed by atoms with Crippen molar-refractivity contribution in [3.05, 3.63) is 6.92 Å². The van der Waals surface area contributed by atoms with Crippen LogP contribution in [0.5, 0.6) is 0 Å². The number of rotatable bonds is 3. The molecule has 0 spiro atoms. The molecule has 16 heavy (non-hydrogen) atoms. The van der Waals surface area contributed by atoms with E-state index in [-0.39, 0.29) is 10.2 Å². The van der Waals surface area contributed by atoms with Crippen LogP contribution < -0.4 is 0 Å². The van der Waals surface area contributed by atoms with E-state index in [0.29, 0.717) is 0 Å². The van der Waals surface area contributed by atoms with Crippen molar-refractivity contribution in [2.75, 3.05) is 20.1 Å². The topological polar surface area (TPSA) is 3.24 Å². The van der Waals surface area contributed by atoms with Crippen molar-refractivity contribution < 1.29 is 0 Å². The predicted octanol–water partition coefficient (Wildman–Crippen LogP) is 3.02. The van der Waals surface area contributed by atoms with Gasteiger partial charge in [0.2, 0.25) is 0 Å². The molecule has 0 unspecified atom stereocenters. The van der Waals surface area contributed by atoms with Crippen LogP contribution in [0.1, 0.15) is 38.5 Å². The van der Waals surface area contributed by atoms with E-state index >= 15 is 0 Å². The zero-order valence-corrected chi connectivity index (χ0v) is 11.3. The molecule has 0 N–H and O–H groups in total. The molecular formula is C14H24NS. The van der Waals surface area contributed by atoms with Crippen LogP contribution in [0.15, 0.2) is 0 Å². The second-order valence-electron chi connectivity index (χ2n) is 6.46. The Kier molecular flexibility index (Phi) is 2.60. The number of thiol groups is 1. The van der Waals surface area contributed by atoms with Gasteiger partial charge in [-0.1, -0.05) is 0 Å². The molecule has 1 heterocycles. The standard InChI is InChI=1S/C14H24NS/c1-13(7-9-15(2)10-8-13)14(16,11-3-4-11)12-5-6-12/h11-12,16H,1,3-10H2,2H3. The van der Waals surface area contributed by atoms with Gasteiger partial charge in [-0.15, -0.1) is 0 Å². The van der Waals surface area contributed by atoms with E-state index in [1.807, 2.05) is 0 Å². The van der Waals surface area contributed by atoms with Gasteiger partial charge in [-0.3, -0.25) is 0 Å². The van der Waals surface area contributed by atoms with Gasteiger partial charge < -0.3 is 4.90 Å². The van der Waals surface area contributed by atoms with Crippen molar-refractivity contribution in [2.45, 2.75) is 43.3 Å². The molecule has 3 aliphatic rings. The molecule has 2 heteroatoms. The Morgan fingerprint density at radius 1 is 1.12 bits per heavy atom. The Labute approximate surface area is 105 Å². The SMILES string of the molecule is [CH2]C1(C(S)(C2CC2)C2CC2)CCN(C)CC1. The van der Waals surface area contributed by atoms with E-state index in [9.17, 15) is 0 Å². The molecule has 91 valence electrons. The molecule has 0 aromatic rings. The van der Waals surface area contributed by atoms with Gasteiger partial charge in [0.05, 0.1) is 0 Å². The summed E-state index contributed by atoms with van der Waals surface area (Å²) in [5.41, 5.74) is 0.255. The molecule has 1 aliphatic heterocycles. The summed E-state index contributed by atoms with van der Waals surface area (Å²) in [4.78, 5) is 2.44. The van der Waals surface area contributed by atoms with E-state index in [0.717, 1.165) is 11.8 Å². The third kappa shape index (κ3) is 1.64. The smallest absolute Gasteiger partial charge is 0.0243 e. The Hall–Kier alpha value is 0.310. The summed E-state index contributed by atoms with van der Waals surface area (Å²) in [6.45, 7) is 7.08. The average Bonchev–Trinajstić information content (AvgIpc) is 3.13. The molecule has 1 saturated heterocycles. The summed E-state index contributed by atoms with van der Waals surface area (Å²) >= 11 is 5.21. The first-order chi connectivity index (χ1) is 7.56. The Morgan fingerprint density at radius 3 is 1.94 bits per heavy atom. The first-order valence-electron chi connectivity index (χ1n) is 6.82. The van der Waals surface area contributed by atoms with E-state index in [1.54, 1.807) is 0 Å². The predicted molar refractivity (Wildman–Crippen MR) is 71.7 cm³/mol. The van der Waals surface area contributed by atoms with Gasteiger partial charge in [0.1, 0.15) is 0 Å². The molecule has 3 fully saturated rings. The molecule has 2 aliphatic carbocycles. The van der Waals surface area contributed by atoms with Gasteiger partial charge in [0.25, 0.3) is 0 Å². The van der Waals surface area contributed by atoms with Gasteiger partial charge in [0, 0.05) is 4.75 Å². The summed E-state index contributed by atoms with van der Waals surface area (Å²) in [6.07, 6.45) is 8.14. The minimum absolute atomic E-state index is 0.255. The quantitative estimate of drug-likeness (QED) is 0.740. The van der Waals surface area contributed by atoms with Crippen LogP contribution in [0, 0.1) is 24.2 Å². The second kappa shape index (κ2) is 3.65. The molecule has 0 aromatic carbocycles. The first kappa shape index (κ1) is 11.4. The Morgan fingerprint density at radius 2 is 1.56 bits per heavy atom. The number of likely N-dealkylation sites (tertiary alicyclic amines) is 1. The summed E-state index contributed by atoms with van der Waals surface area (Å²) in [6, 6.07) is 0. The number of hydrogen-bond acceptors (Lipinski definition) is 2. The number of piperidine rings is 1. The molecule has 0 bridgehead atoms. The lowest BCUT2D eigenvalue weighted by Crippen LogP contribution is -2.51. The second-order valence-corrected chi connectivity index (χ2v) is 7.20.